The van der Waals surface area contributed by atoms with E-state index in [0.29, 0.717) is 13.2 Å². The van der Waals surface area contributed by atoms with E-state index in [4.69, 9.17) is 19.3 Å². The van der Waals surface area contributed by atoms with Crippen LogP contribution in [0.1, 0.15) is 0 Å². The molecule has 0 aliphatic carbocycles. The normalized spacial score (nSPS) is 37.4. The molecule has 3 N–H and O–H groups in total. The lowest BCUT2D eigenvalue weighted by Gasteiger charge is -2.22. The summed E-state index contributed by atoms with van der Waals surface area (Å²) in [6.07, 6.45) is -2.13. The van der Waals surface area contributed by atoms with Crippen molar-refractivity contribution in [1.82, 2.24) is 0 Å². The molecule has 0 aromatic heterocycles. The molecule has 2 saturated heterocycles. The Balaban J connectivity index is 1.72. The lowest BCUT2D eigenvalue weighted by Crippen LogP contribution is -2.45. The van der Waals surface area contributed by atoms with Gasteiger partial charge in [-0.3, -0.25) is 0 Å². The van der Waals surface area contributed by atoms with E-state index in [0.717, 1.165) is 6.61 Å². The molecule has 2 rings (SSSR count). The first kappa shape index (κ1) is 11.3. The Labute approximate surface area is 87.4 Å². The van der Waals surface area contributed by atoms with Gasteiger partial charge in [-0.2, -0.15) is 0 Å². The van der Waals surface area contributed by atoms with Gasteiger partial charge in [-0.1, -0.05) is 0 Å². The van der Waals surface area contributed by atoms with Crippen LogP contribution in [0.3, 0.4) is 0 Å². The van der Waals surface area contributed by atoms with Gasteiger partial charge in [-0.05, 0) is 0 Å². The molecule has 2 aliphatic rings. The molecule has 0 bridgehead atoms. The van der Waals surface area contributed by atoms with Gasteiger partial charge in [0.05, 0.1) is 33.0 Å². The maximum Gasteiger partial charge on any atom is 0.143 e. The first-order valence-corrected chi connectivity index (χ1v) is 4.98. The van der Waals surface area contributed by atoms with Crippen molar-refractivity contribution in [3.05, 3.63) is 0 Å². The third kappa shape index (κ3) is 2.66. The highest BCUT2D eigenvalue weighted by Crippen LogP contribution is 2.33. The number of aliphatic hydroxyl groups excluding tert-OH is 3. The van der Waals surface area contributed by atoms with Crippen LogP contribution in [-0.2, 0) is 14.2 Å². The number of aliphatic hydroxyl groups is 3. The smallest absolute Gasteiger partial charge is 0.143 e. The summed E-state index contributed by atoms with van der Waals surface area (Å²) in [6.45, 7) is 1.27. The zero-order valence-corrected chi connectivity index (χ0v) is 8.33. The molecule has 0 radical (unpaired) electrons. The minimum Gasteiger partial charge on any atom is -0.394 e. The Kier molecular flexibility index (Phi) is 3.24. The third-order valence-electron chi connectivity index (χ3n) is 2.66. The van der Waals surface area contributed by atoms with E-state index in [1.165, 1.54) is 0 Å². The molecule has 4 atom stereocenters. The summed E-state index contributed by atoms with van der Waals surface area (Å²) in [6, 6.07) is 0. The summed E-state index contributed by atoms with van der Waals surface area (Å²) in [5.74, 6) is 0. The van der Waals surface area contributed by atoms with Gasteiger partial charge in [-0.15, -0.1) is 0 Å². The fraction of sp³-hybridized carbons (Fsp3) is 1.00. The average molecular weight is 220 g/mol. The summed E-state index contributed by atoms with van der Waals surface area (Å²) in [5.41, 5.74) is -0.836. The molecule has 2 aliphatic heterocycles. The largest absolute Gasteiger partial charge is 0.394 e. The maximum atomic E-state index is 9.64. The van der Waals surface area contributed by atoms with Crippen LogP contribution in [-0.4, -0.2) is 72.3 Å². The van der Waals surface area contributed by atoms with Crippen LogP contribution >= 0.6 is 0 Å². The molecule has 2 fully saturated rings. The highest BCUT2D eigenvalue weighted by Gasteiger charge is 2.54. The molecule has 2 heterocycles. The van der Waals surface area contributed by atoms with E-state index in [-0.39, 0.29) is 12.7 Å². The van der Waals surface area contributed by atoms with Gasteiger partial charge in [0.2, 0.25) is 0 Å². The Bertz CT molecular complexity index is 213. The second-order valence-electron chi connectivity index (χ2n) is 4.02. The van der Waals surface area contributed by atoms with Crippen molar-refractivity contribution in [2.75, 3.05) is 33.0 Å². The number of rotatable bonds is 7. The van der Waals surface area contributed by atoms with Crippen LogP contribution < -0.4 is 0 Å². The van der Waals surface area contributed by atoms with E-state index in [1.54, 1.807) is 0 Å². The lowest BCUT2D eigenvalue weighted by molar-refractivity contribution is -0.0756. The van der Waals surface area contributed by atoms with E-state index in [1.807, 2.05) is 0 Å². The van der Waals surface area contributed by atoms with Gasteiger partial charge in [0.25, 0.3) is 0 Å². The standard InChI is InChI=1S/C9H16O6/c10-1-7(11)8(12)9(5-15-9)4-13-2-6-3-14-6/h6-8,10-12H,1-5H2. The average Bonchev–Trinajstić information content (AvgIpc) is 3.10. The molecule has 0 amide bonds. The van der Waals surface area contributed by atoms with Gasteiger partial charge < -0.3 is 29.5 Å². The zero-order valence-electron chi connectivity index (χ0n) is 8.33. The van der Waals surface area contributed by atoms with E-state index in [2.05, 4.69) is 0 Å². The summed E-state index contributed by atoms with van der Waals surface area (Å²) in [7, 11) is 0. The van der Waals surface area contributed by atoms with Crippen LogP contribution in [0.5, 0.6) is 0 Å². The molecular formula is C9H16O6. The molecule has 0 aromatic carbocycles. The molecule has 4 unspecified atom stereocenters. The molecule has 15 heavy (non-hydrogen) atoms. The monoisotopic (exact) mass is 220 g/mol. The van der Waals surface area contributed by atoms with E-state index in [9.17, 15) is 10.2 Å². The summed E-state index contributed by atoms with van der Waals surface area (Å²) in [5, 5.41) is 27.6. The second-order valence-corrected chi connectivity index (χ2v) is 4.02. The van der Waals surface area contributed by atoms with Gasteiger partial charge in [0, 0.05) is 0 Å². The van der Waals surface area contributed by atoms with Crippen molar-refractivity contribution < 1.29 is 29.5 Å². The van der Waals surface area contributed by atoms with Crippen LogP contribution in [0.15, 0.2) is 0 Å². The maximum absolute atomic E-state index is 9.64. The Morgan fingerprint density at radius 2 is 2.13 bits per heavy atom. The van der Waals surface area contributed by atoms with Gasteiger partial charge in [-0.25, -0.2) is 0 Å². The number of hydrogen-bond donors (Lipinski definition) is 3. The molecule has 88 valence electrons. The molecule has 0 spiro atoms. The van der Waals surface area contributed by atoms with Crippen molar-refractivity contribution in [2.45, 2.75) is 23.9 Å². The SMILES string of the molecule is OCC(O)C(O)C1(COCC2CO2)CO1. The summed E-state index contributed by atoms with van der Waals surface area (Å²) in [4.78, 5) is 0. The Morgan fingerprint density at radius 1 is 1.47 bits per heavy atom. The van der Waals surface area contributed by atoms with Crippen molar-refractivity contribution in [3.8, 4) is 0 Å². The van der Waals surface area contributed by atoms with Crippen molar-refractivity contribution in [1.29, 1.82) is 0 Å². The first-order valence-electron chi connectivity index (χ1n) is 4.98. The van der Waals surface area contributed by atoms with Crippen molar-refractivity contribution in [3.63, 3.8) is 0 Å². The fourth-order valence-corrected chi connectivity index (χ4v) is 1.41. The Morgan fingerprint density at radius 3 is 2.60 bits per heavy atom. The number of hydrogen-bond acceptors (Lipinski definition) is 6. The minimum absolute atomic E-state index is 0.167. The zero-order chi connectivity index (χ0) is 10.9. The van der Waals surface area contributed by atoms with Gasteiger partial charge in [0.15, 0.2) is 0 Å². The van der Waals surface area contributed by atoms with Gasteiger partial charge in [0.1, 0.15) is 23.9 Å². The van der Waals surface area contributed by atoms with Crippen LogP contribution in [0.2, 0.25) is 0 Å². The van der Waals surface area contributed by atoms with Gasteiger partial charge >= 0.3 is 0 Å². The van der Waals surface area contributed by atoms with Crippen molar-refractivity contribution >= 4 is 0 Å². The summed E-state index contributed by atoms with van der Waals surface area (Å²) >= 11 is 0. The van der Waals surface area contributed by atoms with E-state index < -0.39 is 24.4 Å². The number of ether oxygens (including phenoxy) is 3. The number of epoxide rings is 2. The predicted molar refractivity (Wildman–Crippen MR) is 48.3 cm³/mol. The topological polar surface area (TPSA) is 95.0 Å². The molecule has 6 heteroatoms. The lowest BCUT2D eigenvalue weighted by atomic mass is 10.00. The molecular weight excluding hydrogens is 204 g/mol. The quantitative estimate of drug-likeness (QED) is 0.425. The first-order chi connectivity index (χ1) is 7.18. The molecule has 6 nitrogen and oxygen atoms in total. The summed E-state index contributed by atoms with van der Waals surface area (Å²) < 4.78 is 15.3. The minimum atomic E-state index is -1.19. The van der Waals surface area contributed by atoms with Crippen LogP contribution in [0.25, 0.3) is 0 Å². The predicted octanol–water partition coefficient (Wildman–Crippen LogP) is -2.12. The molecule has 0 aromatic rings. The van der Waals surface area contributed by atoms with Crippen LogP contribution in [0, 0.1) is 0 Å². The van der Waals surface area contributed by atoms with Crippen LogP contribution in [0.4, 0.5) is 0 Å². The van der Waals surface area contributed by atoms with E-state index >= 15 is 0 Å². The van der Waals surface area contributed by atoms with Crippen molar-refractivity contribution in [2.24, 2.45) is 0 Å². The second kappa shape index (κ2) is 4.32. The fourth-order valence-electron chi connectivity index (χ4n) is 1.41. The third-order valence-corrected chi connectivity index (χ3v) is 2.66. The highest BCUT2D eigenvalue weighted by molar-refractivity contribution is 5.01. The Hall–Kier alpha value is -0.240. The molecule has 0 saturated carbocycles. The highest BCUT2D eigenvalue weighted by atomic mass is 16.6.